The Morgan fingerprint density at radius 3 is 2.70 bits per heavy atom. The molecule has 0 aliphatic carbocycles. The van der Waals surface area contributed by atoms with Crippen molar-refractivity contribution >= 4 is 17.2 Å². The maximum absolute atomic E-state index is 12.2. The fourth-order valence-corrected chi connectivity index (χ4v) is 3.03. The van der Waals surface area contributed by atoms with Crippen LogP contribution < -0.4 is 5.32 Å². The fraction of sp³-hybridized carbons (Fsp3) is 0.167. The molecule has 0 saturated heterocycles. The molecule has 2 aromatic heterocycles. The summed E-state index contributed by atoms with van der Waals surface area (Å²) in [6, 6.07) is 15.9. The number of nitrogens with one attached hydrogen (secondary N) is 1. The monoisotopic (exact) mass is 323 g/mol. The largest absolute Gasteiger partial charge is 0.345 e. The smallest absolute Gasteiger partial charge is 0.271 e. The molecule has 0 atom stereocenters. The van der Waals surface area contributed by atoms with E-state index in [0.29, 0.717) is 12.2 Å². The molecule has 3 rings (SSSR count). The first kappa shape index (κ1) is 15.4. The summed E-state index contributed by atoms with van der Waals surface area (Å²) in [6.07, 6.45) is 0.748. The van der Waals surface area contributed by atoms with Crippen LogP contribution in [0.3, 0.4) is 0 Å². The summed E-state index contributed by atoms with van der Waals surface area (Å²) in [5, 5.41) is 5.61. The van der Waals surface area contributed by atoms with E-state index >= 15 is 0 Å². The maximum atomic E-state index is 12.2. The van der Waals surface area contributed by atoms with E-state index in [9.17, 15) is 4.79 Å². The first-order valence-corrected chi connectivity index (χ1v) is 8.28. The van der Waals surface area contributed by atoms with Crippen molar-refractivity contribution in [1.82, 2.24) is 15.3 Å². The molecule has 116 valence electrons. The Kier molecular flexibility index (Phi) is 4.78. The van der Waals surface area contributed by atoms with Gasteiger partial charge in [-0.05, 0) is 24.6 Å². The highest BCUT2D eigenvalue weighted by atomic mass is 32.1. The number of rotatable bonds is 5. The predicted octanol–water partition coefficient (Wildman–Crippen LogP) is 3.37. The highest BCUT2D eigenvalue weighted by molar-refractivity contribution is 7.09. The molecule has 5 heteroatoms. The van der Waals surface area contributed by atoms with Crippen molar-refractivity contribution in [1.29, 1.82) is 0 Å². The maximum Gasteiger partial charge on any atom is 0.271 e. The highest BCUT2D eigenvalue weighted by Gasteiger charge is 2.11. The van der Waals surface area contributed by atoms with Crippen LogP contribution >= 0.6 is 11.3 Å². The molecule has 0 radical (unpaired) electrons. The third-order valence-corrected chi connectivity index (χ3v) is 4.21. The average molecular weight is 323 g/mol. The molecule has 0 fully saturated rings. The zero-order valence-corrected chi connectivity index (χ0v) is 13.6. The van der Waals surface area contributed by atoms with Gasteiger partial charge in [0.15, 0.2) is 0 Å². The van der Waals surface area contributed by atoms with Gasteiger partial charge >= 0.3 is 0 Å². The Hall–Kier alpha value is -2.53. The zero-order chi connectivity index (χ0) is 16.1. The van der Waals surface area contributed by atoms with Crippen LogP contribution in [0.1, 0.15) is 32.4 Å². The second kappa shape index (κ2) is 7.15. The third kappa shape index (κ3) is 4.23. The van der Waals surface area contributed by atoms with Crippen LogP contribution in [0.2, 0.25) is 0 Å². The summed E-state index contributed by atoms with van der Waals surface area (Å²) in [7, 11) is 0. The molecule has 0 aliphatic heterocycles. The lowest BCUT2D eigenvalue weighted by Crippen LogP contribution is -2.23. The summed E-state index contributed by atoms with van der Waals surface area (Å²) in [5.74, 6) is -0.163. The first-order chi connectivity index (χ1) is 11.2. The van der Waals surface area contributed by atoms with Crippen LogP contribution in [-0.2, 0) is 13.0 Å². The molecular formula is C18H17N3OS. The van der Waals surface area contributed by atoms with Crippen LogP contribution in [0.25, 0.3) is 0 Å². The molecule has 3 aromatic rings. The summed E-state index contributed by atoms with van der Waals surface area (Å²) in [4.78, 5) is 21.0. The lowest BCUT2D eigenvalue weighted by molar-refractivity contribution is 0.0946. The molecule has 1 N–H and O–H groups in total. The second-order valence-electron chi connectivity index (χ2n) is 5.24. The van der Waals surface area contributed by atoms with Gasteiger partial charge in [-0.1, -0.05) is 36.4 Å². The molecule has 1 amide bonds. The number of carbonyl (C=O) groups is 1. The molecule has 2 heterocycles. The normalized spacial score (nSPS) is 10.5. The Morgan fingerprint density at radius 1 is 1.09 bits per heavy atom. The zero-order valence-electron chi connectivity index (χ0n) is 12.8. The van der Waals surface area contributed by atoms with E-state index in [1.807, 2.05) is 43.3 Å². The number of hydrogen-bond acceptors (Lipinski definition) is 4. The number of hydrogen-bond donors (Lipinski definition) is 1. The van der Waals surface area contributed by atoms with Gasteiger partial charge in [0.2, 0.25) is 0 Å². The number of benzene rings is 1. The Morgan fingerprint density at radius 2 is 1.91 bits per heavy atom. The van der Waals surface area contributed by atoms with E-state index < -0.39 is 0 Å². The summed E-state index contributed by atoms with van der Waals surface area (Å²) >= 11 is 1.51. The highest BCUT2D eigenvalue weighted by Crippen LogP contribution is 2.14. The number of aromatic nitrogens is 2. The average Bonchev–Trinajstić information content (AvgIpc) is 3.02. The van der Waals surface area contributed by atoms with Gasteiger partial charge in [0.1, 0.15) is 5.69 Å². The van der Waals surface area contributed by atoms with Crippen molar-refractivity contribution in [3.05, 3.63) is 81.6 Å². The van der Waals surface area contributed by atoms with Gasteiger partial charge in [-0.15, -0.1) is 11.3 Å². The Balaban J connectivity index is 1.60. The summed E-state index contributed by atoms with van der Waals surface area (Å²) < 4.78 is 0. The van der Waals surface area contributed by atoms with Crippen molar-refractivity contribution < 1.29 is 4.79 Å². The number of carbonyl (C=O) groups excluding carboxylic acids is 1. The van der Waals surface area contributed by atoms with Gasteiger partial charge in [0.05, 0.1) is 17.2 Å². The molecule has 0 bridgehead atoms. The predicted molar refractivity (Wildman–Crippen MR) is 91.5 cm³/mol. The number of pyridine rings is 1. The van der Waals surface area contributed by atoms with E-state index in [-0.39, 0.29) is 5.91 Å². The van der Waals surface area contributed by atoms with Crippen molar-refractivity contribution in [3.63, 3.8) is 0 Å². The molecule has 4 nitrogen and oxygen atoms in total. The SMILES string of the molecule is Cc1cccc(CNC(=O)c2csc(Cc3ccccc3)n2)n1. The van der Waals surface area contributed by atoms with Crippen LogP contribution in [0.15, 0.2) is 53.9 Å². The summed E-state index contributed by atoms with van der Waals surface area (Å²) in [5.41, 5.74) is 3.44. The topological polar surface area (TPSA) is 54.9 Å². The van der Waals surface area contributed by atoms with Crippen LogP contribution in [0, 0.1) is 6.92 Å². The van der Waals surface area contributed by atoms with Crippen molar-refractivity contribution in [2.45, 2.75) is 19.9 Å². The van der Waals surface area contributed by atoms with Crippen LogP contribution in [-0.4, -0.2) is 15.9 Å². The Bertz CT molecular complexity index is 799. The van der Waals surface area contributed by atoms with Crippen LogP contribution in [0.5, 0.6) is 0 Å². The lowest BCUT2D eigenvalue weighted by Gasteiger charge is -2.03. The van der Waals surface area contributed by atoms with Gasteiger partial charge in [0.25, 0.3) is 5.91 Å². The molecule has 23 heavy (non-hydrogen) atoms. The molecule has 0 spiro atoms. The van der Waals surface area contributed by atoms with E-state index in [2.05, 4.69) is 27.4 Å². The number of nitrogens with zero attached hydrogens (tertiary/aromatic N) is 2. The van der Waals surface area contributed by atoms with E-state index in [0.717, 1.165) is 22.8 Å². The van der Waals surface area contributed by atoms with Crippen molar-refractivity contribution in [2.24, 2.45) is 0 Å². The van der Waals surface area contributed by atoms with Crippen molar-refractivity contribution in [3.8, 4) is 0 Å². The van der Waals surface area contributed by atoms with Gasteiger partial charge < -0.3 is 5.32 Å². The minimum absolute atomic E-state index is 0.163. The quantitative estimate of drug-likeness (QED) is 0.783. The van der Waals surface area contributed by atoms with E-state index in [1.165, 1.54) is 16.9 Å². The molecule has 0 unspecified atom stereocenters. The number of amides is 1. The van der Waals surface area contributed by atoms with Gasteiger partial charge in [-0.3, -0.25) is 9.78 Å². The fourth-order valence-electron chi connectivity index (χ4n) is 2.23. The minimum Gasteiger partial charge on any atom is -0.345 e. The first-order valence-electron chi connectivity index (χ1n) is 7.40. The van der Waals surface area contributed by atoms with Gasteiger partial charge in [0, 0.05) is 17.5 Å². The number of aryl methyl sites for hydroxylation is 1. The van der Waals surface area contributed by atoms with Crippen LogP contribution in [0.4, 0.5) is 0 Å². The second-order valence-corrected chi connectivity index (χ2v) is 6.18. The van der Waals surface area contributed by atoms with E-state index in [1.54, 1.807) is 5.38 Å². The third-order valence-electron chi connectivity index (χ3n) is 3.36. The van der Waals surface area contributed by atoms with Crippen molar-refractivity contribution in [2.75, 3.05) is 0 Å². The molecule has 1 aromatic carbocycles. The summed E-state index contributed by atoms with van der Waals surface area (Å²) in [6.45, 7) is 2.34. The van der Waals surface area contributed by atoms with Gasteiger partial charge in [-0.2, -0.15) is 0 Å². The number of thiazole rings is 1. The molecule has 0 saturated carbocycles. The standard InChI is InChI=1S/C18H17N3OS/c1-13-6-5-9-15(20-13)11-19-18(22)16-12-23-17(21-16)10-14-7-3-2-4-8-14/h2-9,12H,10-11H2,1H3,(H,19,22). The minimum atomic E-state index is -0.163. The van der Waals surface area contributed by atoms with Gasteiger partial charge in [-0.25, -0.2) is 4.98 Å². The lowest BCUT2D eigenvalue weighted by atomic mass is 10.2. The molecular weight excluding hydrogens is 306 g/mol. The van der Waals surface area contributed by atoms with E-state index in [4.69, 9.17) is 0 Å². The molecule has 0 aliphatic rings. The Labute approximate surface area is 139 Å².